The Morgan fingerprint density at radius 3 is 2.68 bits per heavy atom. The lowest BCUT2D eigenvalue weighted by Gasteiger charge is -2.34. The molecule has 4 heterocycles. The van der Waals surface area contributed by atoms with E-state index in [0.29, 0.717) is 29.2 Å². The first-order valence-electron chi connectivity index (χ1n) is 11.2. The van der Waals surface area contributed by atoms with E-state index in [4.69, 9.17) is 9.47 Å². The molecule has 2 aliphatic heterocycles. The number of piperazine rings is 1. The summed E-state index contributed by atoms with van der Waals surface area (Å²) in [6.07, 6.45) is 0. The van der Waals surface area contributed by atoms with Crippen LogP contribution in [0.15, 0.2) is 48.5 Å². The summed E-state index contributed by atoms with van der Waals surface area (Å²) in [4.78, 5) is 19.0. The van der Waals surface area contributed by atoms with Crippen molar-refractivity contribution in [3.8, 4) is 22.8 Å². The second kappa shape index (κ2) is 8.41. The Kier molecular flexibility index (Phi) is 5.23. The van der Waals surface area contributed by atoms with Crippen LogP contribution >= 0.6 is 11.3 Å². The van der Waals surface area contributed by atoms with Crippen LogP contribution in [0.4, 0.5) is 4.39 Å². The van der Waals surface area contributed by atoms with Crippen LogP contribution in [0, 0.1) is 5.82 Å². The number of carbonyl (C=O) groups excluding carboxylic acids is 1. The van der Waals surface area contributed by atoms with Gasteiger partial charge in [0, 0.05) is 50.7 Å². The number of aryl methyl sites for hydroxylation is 1. The molecule has 0 aliphatic carbocycles. The summed E-state index contributed by atoms with van der Waals surface area (Å²) in [6.45, 7) is 4.00. The maximum Gasteiger partial charge on any atom is 0.264 e. The quantitative estimate of drug-likeness (QED) is 0.442. The topological polar surface area (TPSA) is 59.8 Å². The first-order valence-corrected chi connectivity index (χ1v) is 12.0. The van der Waals surface area contributed by atoms with Crippen molar-refractivity contribution in [1.29, 1.82) is 0 Å². The van der Waals surface area contributed by atoms with E-state index in [1.807, 2.05) is 30.1 Å². The van der Waals surface area contributed by atoms with Crippen molar-refractivity contribution < 1.29 is 18.7 Å². The molecule has 0 saturated carbocycles. The van der Waals surface area contributed by atoms with E-state index < -0.39 is 0 Å². The Morgan fingerprint density at radius 1 is 1.06 bits per heavy atom. The molecule has 2 aliphatic rings. The van der Waals surface area contributed by atoms with Gasteiger partial charge in [0.25, 0.3) is 5.91 Å². The van der Waals surface area contributed by atoms with E-state index in [1.165, 1.54) is 23.0 Å². The van der Waals surface area contributed by atoms with Crippen LogP contribution in [-0.4, -0.2) is 58.5 Å². The second-order valence-electron chi connectivity index (χ2n) is 8.54. The van der Waals surface area contributed by atoms with Gasteiger partial charge in [-0.25, -0.2) is 4.39 Å². The number of amides is 1. The van der Waals surface area contributed by atoms with E-state index in [0.717, 1.165) is 41.3 Å². The lowest BCUT2D eigenvalue weighted by Crippen LogP contribution is -2.48. The number of carbonyl (C=O) groups is 1. The van der Waals surface area contributed by atoms with Gasteiger partial charge in [0.1, 0.15) is 16.3 Å². The summed E-state index contributed by atoms with van der Waals surface area (Å²) in [5, 5.41) is 5.31. The molecule has 0 unspecified atom stereocenters. The minimum atomic E-state index is -0.319. The van der Waals surface area contributed by atoms with Gasteiger partial charge in [-0.3, -0.25) is 14.4 Å². The maximum atomic E-state index is 14.4. The summed E-state index contributed by atoms with van der Waals surface area (Å²) >= 11 is 1.41. The van der Waals surface area contributed by atoms with Gasteiger partial charge in [0.05, 0.1) is 4.88 Å². The lowest BCUT2D eigenvalue weighted by atomic mass is 10.1. The van der Waals surface area contributed by atoms with Gasteiger partial charge in [-0.1, -0.05) is 18.2 Å². The molecule has 1 amide bonds. The summed E-state index contributed by atoms with van der Waals surface area (Å²) in [6, 6.07) is 14.5. The highest BCUT2D eigenvalue weighted by Crippen LogP contribution is 2.35. The summed E-state index contributed by atoms with van der Waals surface area (Å²) in [5.41, 5.74) is 2.18. The number of nitrogens with zero attached hydrogens (tertiary/aromatic N) is 4. The number of rotatable bonds is 4. The summed E-state index contributed by atoms with van der Waals surface area (Å²) in [7, 11) is 1.83. The molecular weight excluding hydrogens is 455 g/mol. The molecular formula is C25H23FN4O3S. The third-order valence-electron chi connectivity index (χ3n) is 6.35. The highest BCUT2D eigenvalue weighted by Gasteiger charge is 2.26. The van der Waals surface area contributed by atoms with Crippen LogP contribution in [-0.2, 0) is 13.6 Å². The third kappa shape index (κ3) is 3.70. The number of thiophene rings is 1. The fourth-order valence-corrected chi connectivity index (χ4v) is 5.60. The van der Waals surface area contributed by atoms with Crippen molar-refractivity contribution in [3.63, 3.8) is 0 Å². The predicted molar refractivity (Wildman–Crippen MR) is 128 cm³/mol. The first-order chi connectivity index (χ1) is 16.6. The van der Waals surface area contributed by atoms with Gasteiger partial charge < -0.3 is 14.4 Å². The highest BCUT2D eigenvalue weighted by atomic mass is 32.1. The van der Waals surface area contributed by atoms with E-state index in [-0.39, 0.29) is 18.5 Å². The molecule has 9 heteroatoms. The Morgan fingerprint density at radius 2 is 1.85 bits per heavy atom. The van der Waals surface area contributed by atoms with E-state index in [1.54, 1.807) is 22.9 Å². The van der Waals surface area contributed by atoms with Crippen LogP contribution in [0.2, 0.25) is 0 Å². The fourth-order valence-electron chi connectivity index (χ4n) is 4.56. The van der Waals surface area contributed by atoms with Crippen molar-refractivity contribution >= 4 is 27.5 Å². The lowest BCUT2D eigenvalue weighted by molar-refractivity contribution is 0.0633. The Balaban J connectivity index is 1.15. The second-order valence-corrected chi connectivity index (χ2v) is 9.57. The average molecular weight is 479 g/mol. The maximum absolute atomic E-state index is 14.4. The summed E-state index contributed by atoms with van der Waals surface area (Å²) < 4.78 is 27.0. The molecule has 34 heavy (non-hydrogen) atoms. The molecule has 1 saturated heterocycles. The van der Waals surface area contributed by atoms with Gasteiger partial charge in [-0.15, -0.1) is 11.3 Å². The largest absolute Gasteiger partial charge is 0.454 e. The Labute approximate surface area is 199 Å². The molecule has 0 spiro atoms. The van der Waals surface area contributed by atoms with Gasteiger partial charge in [-0.2, -0.15) is 5.10 Å². The smallest absolute Gasteiger partial charge is 0.264 e. The zero-order valence-electron chi connectivity index (χ0n) is 18.7. The van der Waals surface area contributed by atoms with Crippen molar-refractivity contribution in [2.24, 2.45) is 7.05 Å². The molecule has 174 valence electrons. The Bertz CT molecular complexity index is 1390. The van der Waals surface area contributed by atoms with Crippen molar-refractivity contribution in [2.75, 3.05) is 33.0 Å². The van der Waals surface area contributed by atoms with Crippen molar-refractivity contribution in [1.82, 2.24) is 19.6 Å². The molecule has 6 rings (SSSR count). The van der Waals surface area contributed by atoms with Crippen LogP contribution in [0.25, 0.3) is 21.5 Å². The summed E-state index contributed by atoms with van der Waals surface area (Å²) in [5.74, 6) is 1.28. The van der Waals surface area contributed by atoms with Crippen LogP contribution in [0.1, 0.15) is 15.2 Å². The number of benzene rings is 2. The number of ether oxygens (including phenoxy) is 2. The number of fused-ring (bicyclic) bond motifs is 2. The van der Waals surface area contributed by atoms with Crippen molar-refractivity contribution in [2.45, 2.75) is 6.54 Å². The third-order valence-corrected chi connectivity index (χ3v) is 7.54. The zero-order valence-corrected chi connectivity index (χ0v) is 19.5. The van der Waals surface area contributed by atoms with Crippen LogP contribution in [0.5, 0.6) is 11.5 Å². The van der Waals surface area contributed by atoms with E-state index >= 15 is 0 Å². The SMILES string of the molecule is Cn1nc(-c2ccccc2F)c2cc(C(=O)N3CCN(Cc4ccc5c(c4)OCO5)CC3)sc21. The molecule has 0 bridgehead atoms. The minimum Gasteiger partial charge on any atom is -0.454 e. The Hall–Kier alpha value is -3.43. The number of hydrogen-bond acceptors (Lipinski definition) is 6. The predicted octanol–water partition coefficient (Wildman–Crippen LogP) is 4.13. The van der Waals surface area contributed by atoms with Gasteiger partial charge in [0.2, 0.25) is 6.79 Å². The molecule has 2 aromatic heterocycles. The van der Waals surface area contributed by atoms with Crippen LogP contribution in [0.3, 0.4) is 0 Å². The first kappa shape index (κ1) is 21.1. The average Bonchev–Trinajstić information content (AvgIpc) is 3.56. The molecule has 7 nitrogen and oxygen atoms in total. The fraction of sp³-hybridized carbons (Fsp3) is 0.280. The standard InChI is InChI=1S/C25H23FN4O3S/c1-28-25-18(23(27-28)17-4-2-3-5-19(17)26)13-22(34-25)24(31)30-10-8-29(9-11-30)14-16-6-7-20-21(12-16)33-15-32-20/h2-7,12-13H,8-11,14-15H2,1H3. The van der Waals surface area contributed by atoms with E-state index in [2.05, 4.69) is 16.1 Å². The van der Waals surface area contributed by atoms with E-state index in [9.17, 15) is 9.18 Å². The van der Waals surface area contributed by atoms with Crippen LogP contribution < -0.4 is 9.47 Å². The molecule has 4 aromatic rings. The molecule has 2 aromatic carbocycles. The van der Waals surface area contributed by atoms with Gasteiger partial charge >= 0.3 is 0 Å². The normalized spacial score (nSPS) is 15.9. The molecule has 0 atom stereocenters. The highest BCUT2D eigenvalue weighted by molar-refractivity contribution is 7.20. The van der Waals surface area contributed by atoms with Gasteiger partial charge in [-0.05, 0) is 35.9 Å². The number of aromatic nitrogens is 2. The molecule has 1 fully saturated rings. The van der Waals surface area contributed by atoms with Crippen molar-refractivity contribution in [3.05, 3.63) is 64.8 Å². The number of halogens is 1. The monoisotopic (exact) mass is 478 g/mol. The minimum absolute atomic E-state index is 0.0170. The zero-order chi connectivity index (χ0) is 23.2. The molecule has 0 radical (unpaired) electrons. The number of hydrogen-bond donors (Lipinski definition) is 0. The van der Waals surface area contributed by atoms with Gasteiger partial charge in [0.15, 0.2) is 11.5 Å². The molecule has 0 N–H and O–H groups in total.